The van der Waals surface area contributed by atoms with Gasteiger partial charge in [-0.05, 0) is 36.8 Å². The van der Waals surface area contributed by atoms with Gasteiger partial charge >= 0.3 is 0 Å². The standard InChI is InChI=1S/C20H16N2/c1-14-6-8-15(9-7-14)13-21-16-10-11-20-18(12-16)17-4-2-3-5-19(17)22-20/h2-13,22H,1H3. The van der Waals surface area contributed by atoms with Crippen LogP contribution in [-0.4, -0.2) is 11.2 Å². The molecule has 3 aromatic carbocycles. The molecule has 1 N–H and O–H groups in total. The number of hydrogen-bond donors (Lipinski definition) is 1. The highest BCUT2D eigenvalue weighted by atomic mass is 14.7. The summed E-state index contributed by atoms with van der Waals surface area (Å²) in [6.07, 6.45) is 1.91. The van der Waals surface area contributed by atoms with Crippen LogP contribution in [0.3, 0.4) is 0 Å². The molecule has 4 aromatic rings. The molecule has 0 spiro atoms. The van der Waals surface area contributed by atoms with Gasteiger partial charge in [0.25, 0.3) is 0 Å². The van der Waals surface area contributed by atoms with Gasteiger partial charge in [-0.3, -0.25) is 4.99 Å². The first-order chi connectivity index (χ1) is 10.8. The number of rotatable bonds is 2. The Bertz CT molecular complexity index is 976. The second-order valence-corrected chi connectivity index (χ2v) is 5.57. The predicted octanol–water partition coefficient (Wildman–Crippen LogP) is 5.38. The van der Waals surface area contributed by atoms with E-state index in [1.165, 1.54) is 16.3 Å². The smallest absolute Gasteiger partial charge is 0.0637 e. The molecule has 2 heteroatoms. The number of benzene rings is 3. The molecule has 0 aliphatic carbocycles. The largest absolute Gasteiger partial charge is 0.355 e. The molecule has 0 amide bonds. The van der Waals surface area contributed by atoms with Crippen molar-refractivity contribution in [3.8, 4) is 0 Å². The van der Waals surface area contributed by atoms with E-state index >= 15 is 0 Å². The minimum Gasteiger partial charge on any atom is -0.355 e. The first-order valence-corrected chi connectivity index (χ1v) is 7.41. The second-order valence-electron chi connectivity index (χ2n) is 5.57. The van der Waals surface area contributed by atoms with Crippen molar-refractivity contribution in [1.82, 2.24) is 4.98 Å². The lowest BCUT2D eigenvalue weighted by atomic mass is 10.1. The maximum Gasteiger partial charge on any atom is 0.0637 e. The fourth-order valence-electron chi connectivity index (χ4n) is 2.72. The van der Waals surface area contributed by atoms with Crippen LogP contribution in [0.15, 0.2) is 71.7 Å². The quantitative estimate of drug-likeness (QED) is 0.479. The molecule has 0 aliphatic heterocycles. The van der Waals surface area contributed by atoms with E-state index in [0.29, 0.717) is 0 Å². The minimum absolute atomic E-state index is 0.970. The van der Waals surface area contributed by atoms with Crippen LogP contribution in [0.4, 0.5) is 5.69 Å². The molecule has 1 heterocycles. The molecule has 0 fully saturated rings. The molecule has 1 aromatic heterocycles. The van der Waals surface area contributed by atoms with Crippen LogP contribution in [0, 0.1) is 6.92 Å². The zero-order valence-corrected chi connectivity index (χ0v) is 12.4. The molecule has 2 nitrogen and oxygen atoms in total. The monoisotopic (exact) mass is 284 g/mol. The summed E-state index contributed by atoms with van der Waals surface area (Å²) in [5, 5.41) is 2.46. The number of aliphatic imine (C=N–C) groups is 1. The normalized spacial score (nSPS) is 11.7. The molecule has 0 atom stereocenters. The van der Waals surface area contributed by atoms with Crippen molar-refractivity contribution in [2.75, 3.05) is 0 Å². The fourth-order valence-corrected chi connectivity index (χ4v) is 2.72. The highest BCUT2D eigenvalue weighted by Crippen LogP contribution is 2.28. The number of fused-ring (bicyclic) bond motifs is 3. The number of nitrogens with zero attached hydrogens (tertiary/aromatic N) is 1. The average Bonchev–Trinajstić information content (AvgIpc) is 2.92. The van der Waals surface area contributed by atoms with Crippen LogP contribution in [0.1, 0.15) is 11.1 Å². The van der Waals surface area contributed by atoms with E-state index in [9.17, 15) is 0 Å². The van der Waals surface area contributed by atoms with E-state index in [0.717, 1.165) is 22.3 Å². The Morgan fingerprint density at radius 2 is 1.59 bits per heavy atom. The van der Waals surface area contributed by atoms with E-state index in [1.807, 2.05) is 18.3 Å². The highest BCUT2D eigenvalue weighted by molar-refractivity contribution is 6.08. The first-order valence-electron chi connectivity index (χ1n) is 7.41. The SMILES string of the molecule is Cc1ccc(C=Nc2ccc3[nH]c4ccccc4c3c2)cc1. The number of nitrogens with one attached hydrogen (secondary N) is 1. The predicted molar refractivity (Wildman–Crippen MR) is 94.2 cm³/mol. The van der Waals surface area contributed by atoms with Crippen molar-refractivity contribution in [1.29, 1.82) is 0 Å². The number of hydrogen-bond acceptors (Lipinski definition) is 1. The van der Waals surface area contributed by atoms with Crippen LogP contribution >= 0.6 is 0 Å². The van der Waals surface area contributed by atoms with Crippen LogP contribution < -0.4 is 0 Å². The Labute approximate surface area is 129 Å². The molecule has 0 bridgehead atoms. The van der Waals surface area contributed by atoms with Gasteiger partial charge in [0.2, 0.25) is 0 Å². The van der Waals surface area contributed by atoms with Crippen LogP contribution in [0.2, 0.25) is 0 Å². The zero-order valence-electron chi connectivity index (χ0n) is 12.4. The van der Waals surface area contributed by atoms with Gasteiger partial charge in [-0.1, -0.05) is 48.0 Å². The van der Waals surface area contributed by atoms with Gasteiger partial charge in [-0.15, -0.1) is 0 Å². The molecule has 106 valence electrons. The summed E-state index contributed by atoms with van der Waals surface area (Å²) in [5.41, 5.74) is 5.66. The van der Waals surface area contributed by atoms with Crippen LogP contribution in [0.25, 0.3) is 21.8 Å². The maximum absolute atomic E-state index is 4.60. The number of aromatic amines is 1. The van der Waals surface area contributed by atoms with Crippen molar-refractivity contribution in [2.45, 2.75) is 6.92 Å². The third kappa shape index (κ3) is 2.29. The van der Waals surface area contributed by atoms with Gasteiger partial charge in [-0.25, -0.2) is 0 Å². The summed E-state index contributed by atoms with van der Waals surface area (Å²) in [6, 6.07) is 23.0. The van der Waals surface area contributed by atoms with E-state index in [4.69, 9.17) is 0 Å². The Hall–Kier alpha value is -2.87. The van der Waals surface area contributed by atoms with E-state index in [1.54, 1.807) is 0 Å². The van der Waals surface area contributed by atoms with Gasteiger partial charge < -0.3 is 4.98 Å². The van der Waals surface area contributed by atoms with Crippen molar-refractivity contribution in [3.05, 3.63) is 77.9 Å². The average molecular weight is 284 g/mol. The maximum atomic E-state index is 4.60. The van der Waals surface area contributed by atoms with Crippen molar-refractivity contribution in [2.24, 2.45) is 4.99 Å². The molecule has 0 unspecified atom stereocenters. The third-order valence-corrected chi connectivity index (χ3v) is 3.93. The fraction of sp³-hybridized carbons (Fsp3) is 0.0500. The van der Waals surface area contributed by atoms with Gasteiger partial charge in [0.1, 0.15) is 0 Å². The van der Waals surface area contributed by atoms with E-state index in [-0.39, 0.29) is 0 Å². The molecule has 4 rings (SSSR count). The Balaban J connectivity index is 1.75. The lowest BCUT2D eigenvalue weighted by Crippen LogP contribution is -1.80. The number of aryl methyl sites for hydroxylation is 1. The highest BCUT2D eigenvalue weighted by Gasteiger charge is 2.03. The number of H-pyrrole nitrogens is 1. The minimum atomic E-state index is 0.970. The summed E-state index contributed by atoms with van der Waals surface area (Å²) in [5.74, 6) is 0. The summed E-state index contributed by atoms with van der Waals surface area (Å²) < 4.78 is 0. The van der Waals surface area contributed by atoms with Crippen molar-refractivity contribution < 1.29 is 0 Å². The van der Waals surface area contributed by atoms with E-state index in [2.05, 4.69) is 71.5 Å². The van der Waals surface area contributed by atoms with Gasteiger partial charge in [0, 0.05) is 28.0 Å². The third-order valence-electron chi connectivity index (χ3n) is 3.93. The molecular formula is C20H16N2. The Kier molecular flexibility index (Phi) is 3.01. The summed E-state index contributed by atoms with van der Waals surface area (Å²) >= 11 is 0. The number of aromatic nitrogens is 1. The Morgan fingerprint density at radius 1 is 0.818 bits per heavy atom. The Morgan fingerprint density at radius 3 is 2.45 bits per heavy atom. The summed E-state index contributed by atoms with van der Waals surface area (Å²) in [7, 11) is 0. The topological polar surface area (TPSA) is 28.1 Å². The molecule has 0 saturated carbocycles. The van der Waals surface area contributed by atoms with Crippen LogP contribution in [0.5, 0.6) is 0 Å². The zero-order chi connectivity index (χ0) is 14.9. The molecular weight excluding hydrogens is 268 g/mol. The lowest BCUT2D eigenvalue weighted by Gasteiger charge is -1.97. The molecule has 0 aliphatic rings. The van der Waals surface area contributed by atoms with Gasteiger partial charge in [0.05, 0.1) is 5.69 Å². The van der Waals surface area contributed by atoms with Gasteiger partial charge in [0.15, 0.2) is 0 Å². The summed E-state index contributed by atoms with van der Waals surface area (Å²) in [4.78, 5) is 8.04. The molecule has 0 saturated heterocycles. The van der Waals surface area contributed by atoms with Crippen molar-refractivity contribution >= 4 is 33.7 Å². The molecule has 22 heavy (non-hydrogen) atoms. The lowest BCUT2D eigenvalue weighted by molar-refractivity contribution is 1.46. The summed E-state index contributed by atoms with van der Waals surface area (Å²) in [6.45, 7) is 2.09. The van der Waals surface area contributed by atoms with E-state index < -0.39 is 0 Å². The van der Waals surface area contributed by atoms with Crippen LogP contribution in [-0.2, 0) is 0 Å². The first kappa shape index (κ1) is 12.8. The van der Waals surface area contributed by atoms with Crippen molar-refractivity contribution in [3.63, 3.8) is 0 Å². The van der Waals surface area contributed by atoms with Gasteiger partial charge in [-0.2, -0.15) is 0 Å². The molecule has 0 radical (unpaired) electrons. The second kappa shape index (κ2) is 5.15. The number of para-hydroxylation sites is 1.